The Bertz CT molecular complexity index is 994. The molecule has 2 heterocycles. The average Bonchev–Trinajstić information content (AvgIpc) is 3.06. The largest absolute Gasteiger partial charge is 0.447 e. The highest BCUT2D eigenvalue weighted by Crippen LogP contribution is 2.12. The van der Waals surface area contributed by atoms with Gasteiger partial charge in [0.15, 0.2) is 6.10 Å². The van der Waals surface area contributed by atoms with Gasteiger partial charge in [0.05, 0.1) is 0 Å². The molecule has 0 bridgehead atoms. The Morgan fingerprint density at radius 1 is 1.19 bits per heavy atom. The second-order valence-corrected chi connectivity index (χ2v) is 6.27. The number of nitrogens with zero attached hydrogens (tertiary/aromatic N) is 4. The van der Waals surface area contributed by atoms with E-state index in [1.807, 2.05) is 44.2 Å². The molecule has 0 aliphatic carbocycles. The van der Waals surface area contributed by atoms with Gasteiger partial charge in [0.2, 0.25) is 0 Å². The van der Waals surface area contributed by atoms with Crippen LogP contribution in [-0.4, -0.2) is 37.6 Å². The van der Waals surface area contributed by atoms with Crippen molar-refractivity contribution in [1.82, 2.24) is 19.6 Å². The number of carbonyl (C=O) groups is 2. The molecule has 8 heteroatoms. The third kappa shape index (κ3) is 4.11. The van der Waals surface area contributed by atoms with Crippen molar-refractivity contribution in [2.45, 2.75) is 40.2 Å². The summed E-state index contributed by atoms with van der Waals surface area (Å²) in [6.07, 6.45) is -0.0759. The fourth-order valence-electron chi connectivity index (χ4n) is 2.59. The van der Waals surface area contributed by atoms with Gasteiger partial charge in [-0.25, -0.2) is 14.3 Å². The summed E-state index contributed by atoms with van der Waals surface area (Å²) in [5, 5.41) is 6.82. The summed E-state index contributed by atoms with van der Waals surface area (Å²) >= 11 is 0. The molecule has 27 heavy (non-hydrogen) atoms. The number of esters is 1. The second kappa shape index (κ2) is 7.53. The molecule has 0 aliphatic heterocycles. The minimum absolute atomic E-state index is 0.136. The topological polar surface area (TPSA) is 98.5 Å². The van der Waals surface area contributed by atoms with Crippen LogP contribution >= 0.6 is 0 Å². The summed E-state index contributed by atoms with van der Waals surface area (Å²) < 4.78 is 6.66. The number of rotatable bonds is 5. The second-order valence-electron chi connectivity index (χ2n) is 6.27. The number of benzene rings is 1. The highest BCUT2D eigenvalue weighted by Gasteiger charge is 2.23. The number of amides is 1. The first kappa shape index (κ1) is 18.5. The fourth-order valence-corrected chi connectivity index (χ4v) is 2.59. The van der Waals surface area contributed by atoms with Crippen LogP contribution in [0.3, 0.4) is 0 Å². The predicted molar refractivity (Wildman–Crippen MR) is 99.6 cm³/mol. The summed E-state index contributed by atoms with van der Waals surface area (Å²) in [6, 6.07) is 9.32. The van der Waals surface area contributed by atoms with Gasteiger partial charge in [0, 0.05) is 17.1 Å². The molecule has 1 atom stereocenters. The van der Waals surface area contributed by atoms with E-state index in [1.54, 1.807) is 0 Å². The van der Waals surface area contributed by atoms with Crippen LogP contribution in [0.1, 0.15) is 41.4 Å². The minimum atomic E-state index is -0.995. The highest BCUT2D eigenvalue weighted by molar-refractivity contribution is 5.96. The van der Waals surface area contributed by atoms with Crippen LogP contribution in [0.25, 0.3) is 5.78 Å². The van der Waals surface area contributed by atoms with E-state index in [2.05, 4.69) is 27.3 Å². The first-order chi connectivity index (χ1) is 12.9. The van der Waals surface area contributed by atoms with Gasteiger partial charge in [0.1, 0.15) is 0 Å². The van der Waals surface area contributed by atoms with E-state index in [-0.39, 0.29) is 5.82 Å². The van der Waals surface area contributed by atoms with Crippen molar-refractivity contribution in [3.05, 3.63) is 53.1 Å². The van der Waals surface area contributed by atoms with Crippen LogP contribution in [0.4, 0.5) is 5.69 Å². The van der Waals surface area contributed by atoms with Crippen molar-refractivity contribution in [3.63, 3.8) is 0 Å². The number of nitrogens with one attached hydrogen (secondary N) is 1. The third-order valence-corrected chi connectivity index (χ3v) is 4.08. The number of hydrogen-bond donors (Lipinski definition) is 1. The van der Waals surface area contributed by atoms with E-state index in [0.717, 1.165) is 17.8 Å². The number of aryl methyl sites for hydroxylation is 3. The third-order valence-electron chi connectivity index (χ3n) is 4.08. The molecule has 3 rings (SSSR count). The monoisotopic (exact) mass is 367 g/mol. The molecule has 1 aromatic carbocycles. The van der Waals surface area contributed by atoms with Gasteiger partial charge in [-0.3, -0.25) is 4.79 Å². The number of anilines is 1. The molecule has 140 valence electrons. The lowest BCUT2D eigenvalue weighted by Gasteiger charge is -2.12. The molecule has 8 nitrogen and oxygen atoms in total. The Balaban J connectivity index is 1.67. The maximum atomic E-state index is 12.3. The van der Waals surface area contributed by atoms with E-state index >= 15 is 0 Å². The number of ether oxygens (including phenoxy) is 1. The zero-order valence-electron chi connectivity index (χ0n) is 15.7. The maximum absolute atomic E-state index is 12.3. The molecule has 0 aliphatic rings. The van der Waals surface area contributed by atoms with Crippen LogP contribution in [-0.2, 0) is 16.0 Å². The smallest absolute Gasteiger partial charge is 0.379 e. The maximum Gasteiger partial charge on any atom is 0.379 e. The molecule has 2 aromatic heterocycles. The van der Waals surface area contributed by atoms with Gasteiger partial charge in [0.25, 0.3) is 17.5 Å². The number of fused-ring (bicyclic) bond motifs is 1. The van der Waals surface area contributed by atoms with Gasteiger partial charge in [-0.05, 0) is 51.0 Å². The lowest BCUT2D eigenvalue weighted by molar-refractivity contribution is -0.123. The summed E-state index contributed by atoms with van der Waals surface area (Å²) in [5.74, 6) is -1.03. The van der Waals surface area contributed by atoms with Crippen LogP contribution in [0.15, 0.2) is 30.3 Å². The van der Waals surface area contributed by atoms with Crippen molar-refractivity contribution in [1.29, 1.82) is 0 Å². The zero-order valence-corrected chi connectivity index (χ0v) is 15.7. The van der Waals surface area contributed by atoms with E-state index in [1.165, 1.54) is 17.0 Å². The van der Waals surface area contributed by atoms with Crippen LogP contribution < -0.4 is 5.32 Å². The summed E-state index contributed by atoms with van der Waals surface area (Å²) in [4.78, 5) is 32.9. The Kier molecular flexibility index (Phi) is 5.16. The molecule has 0 spiro atoms. The summed E-state index contributed by atoms with van der Waals surface area (Å²) in [7, 11) is 0. The molecule has 1 N–H and O–H groups in total. The zero-order chi connectivity index (χ0) is 19.6. The van der Waals surface area contributed by atoms with Crippen LogP contribution in [0.2, 0.25) is 0 Å². The summed E-state index contributed by atoms with van der Waals surface area (Å²) in [5.41, 5.74) is 3.38. The van der Waals surface area contributed by atoms with Crippen LogP contribution in [0, 0.1) is 13.8 Å². The van der Waals surface area contributed by atoms with E-state index in [9.17, 15) is 9.59 Å². The predicted octanol–water partition coefficient (Wildman–Crippen LogP) is 2.49. The minimum Gasteiger partial charge on any atom is -0.447 e. The van der Waals surface area contributed by atoms with Crippen molar-refractivity contribution in [2.75, 3.05) is 5.32 Å². The van der Waals surface area contributed by atoms with Gasteiger partial charge in [-0.1, -0.05) is 19.1 Å². The molecule has 0 saturated carbocycles. The fraction of sp³-hybridized carbons (Fsp3) is 0.316. The molecule has 0 fully saturated rings. The molecular formula is C19H21N5O3. The van der Waals surface area contributed by atoms with Crippen molar-refractivity contribution < 1.29 is 14.3 Å². The van der Waals surface area contributed by atoms with Crippen molar-refractivity contribution in [3.8, 4) is 0 Å². The standard InChI is InChI=1S/C19H21N5O3/c1-5-14-6-8-15(9-7-14)21-17(25)13(4)27-18(26)16-22-19-20-11(2)10-12(3)24(19)23-16/h6-10,13H,5H2,1-4H3,(H,21,25)/t13-/m0/s1. The first-order valence-electron chi connectivity index (χ1n) is 8.69. The summed E-state index contributed by atoms with van der Waals surface area (Å²) in [6.45, 7) is 7.22. The Morgan fingerprint density at radius 3 is 2.56 bits per heavy atom. The van der Waals surface area contributed by atoms with E-state index < -0.39 is 18.0 Å². The number of aromatic nitrogens is 4. The van der Waals surface area contributed by atoms with Gasteiger partial charge >= 0.3 is 5.97 Å². The lowest BCUT2D eigenvalue weighted by atomic mass is 10.1. The molecule has 0 saturated heterocycles. The molecule has 0 unspecified atom stereocenters. The molecular weight excluding hydrogens is 346 g/mol. The Morgan fingerprint density at radius 2 is 1.89 bits per heavy atom. The van der Waals surface area contributed by atoms with E-state index in [4.69, 9.17) is 4.74 Å². The Labute approximate surface area is 156 Å². The average molecular weight is 367 g/mol. The van der Waals surface area contributed by atoms with Gasteiger partial charge in [-0.2, -0.15) is 4.98 Å². The molecule has 1 amide bonds. The number of hydrogen-bond acceptors (Lipinski definition) is 6. The number of carbonyl (C=O) groups excluding carboxylic acids is 2. The quantitative estimate of drug-likeness (QED) is 0.696. The highest BCUT2D eigenvalue weighted by atomic mass is 16.5. The molecule has 0 radical (unpaired) electrons. The van der Waals surface area contributed by atoms with Gasteiger partial charge in [-0.15, -0.1) is 5.10 Å². The van der Waals surface area contributed by atoms with Crippen molar-refractivity contribution >= 4 is 23.3 Å². The first-order valence-corrected chi connectivity index (χ1v) is 8.69. The van der Waals surface area contributed by atoms with Crippen LogP contribution in [0.5, 0.6) is 0 Å². The Hall–Kier alpha value is -3.29. The SMILES string of the molecule is CCc1ccc(NC(=O)[C@H](C)OC(=O)c2nc3nc(C)cc(C)n3n2)cc1. The van der Waals surface area contributed by atoms with Crippen molar-refractivity contribution in [2.24, 2.45) is 0 Å². The lowest BCUT2D eigenvalue weighted by Crippen LogP contribution is -2.30. The van der Waals surface area contributed by atoms with Gasteiger partial charge < -0.3 is 10.1 Å². The normalized spacial score (nSPS) is 12.0. The molecule has 3 aromatic rings. The van der Waals surface area contributed by atoms with E-state index in [0.29, 0.717) is 11.5 Å².